The van der Waals surface area contributed by atoms with Crippen LogP contribution in [0.15, 0.2) is 82.7 Å². The van der Waals surface area contributed by atoms with Crippen LogP contribution in [-0.4, -0.2) is 48.2 Å². The molecule has 14 heteroatoms. The van der Waals surface area contributed by atoms with Crippen LogP contribution < -0.4 is 5.56 Å². The molecule has 3 heterocycles. The van der Waals surface area contributed by atoms with E-state index in [1.807, 2.05) is 33.4 Å². The maximum absolute atomic E-state index is 14.1. The van der Waals surface area contributed by atoms with Crippen molar-refractivity contribution in [3.8, 4) is 11.1 Å². The van der Waals surface area contributed by atoms with Crippen LogP contribution in [0.5, 0.6) is 0 Å². The summed E-state index contributed by atoms with van der Waals surface area (Å²) in [5.41, 5.74) is 3.65. The second-order valence-electron chi connectivity index (χ2n) is 12.7. The number of nitrogens with zero attached hydrogens (tertiary/aromatic N) is 6. The Morgan fingerprint density at radius 2 is 1.42 bits per heavy atom. The van der Waals surface area contributed by atoms with Crippen LogP contribution in [0.1, 0.15) is 52.4 Å². The van der Waals surface area contributed by atoms with Crippen LogP contribution in [0.3, 0.4) is 0 Å². The zero-order chi connectivity index (χ0) is 35.0. The average Bonchev–Trinajstić information content (AvgIpc) is 3.82. The van der Waals surface area contributed by atoms with Gasteiger partial charge in [0.25, 0.3) is 11.5 Å². The number of aromatic nitrogens is 5. The molecule has 3 aromatic carbocycles. The molecule has 2 aliphatic rings. The van der Waals surface area contributed by atoms with E-state index >= 15 is 0 Å². The molecule has 2 aromatic heterocycles. The maximum atomic E-state index is 14.1. The van der Waals surface area contributed by atoms with Crippen LogP contribution in [-0.2, 0) is 44.4 Å². The van der Waals surface area contributed by atoms with Gasteiger partial charge in [-0.3, -0.25) is 9.69 Å². The lowest BCUT2D eigenvalue weighted by molar-refractivity contribution is -0.137. The molecule has 0 saturated carbocycles. The lowest BCUT2D eigenvalue weighted by Crippen LogP contribution is -2.27. The third-order valence-electron chi connectivity index (χ3n) is 9.14. The van der Waals surface area contributed by atoms with E-state index in [1.165, 1.54) is 36.0 Å². The minimum absolute atomic E-state index is 0.166. The second kappa shape index (κ2) is 13.7. The Labute approximate surface area is 288 Å². The highest BCUT2D eigenvalue weighted by Crippen LogP contribution is 2.32. The number of thioether (sulfide) groups is 1. The quantitative estimate of drug-likeness (QED) is 0.0857. The van der Waals surface area contributed by atoms with E-state index in [4.69, 9.17) is 0 Å². The summed E-state index contributed by atoms with van der Waals surface area (Å²) in [5.74, 6) is -1.59. The van der Waals surface area contributed by atoms with Crippen molar-refractivity contribution in [2.45, 2.75) is 68.3 Å². The minimum Gasteiger partial charge on any atom is -0.316 e. The van der Waals surface area contributed by atoms with Gasteiger partial charge in [-0.15, -0.1) is 10.2 Å². The minimum atomic E-state index is -4.42. The highest BCUT2D eigenvalue weighted by molar-refractivity contribution is 7.98. The first kappa shape index (κ1) is 34.0. The SMILES string of the molecule is O=c1nc(SCc2ccc(F)cc2)n(Cc2nnc(CN3CCC(F)(F)C3)n2Cc2ccc(-c3ccc(C(F)(F)F)cc3)cc2)c2c1CCC2. The molecule has 0 N–H and O–H groups in total. The van der Waals surface area contributed by atoms with Crippen molar-refractivity contribution in [3.63, 3.8) is 0 Å². The molecule has 5 aromatic rings. The van der Waals surface area contributed by atoms with Gasteiger partial charge in [0, 0.05) is 30.0 Å². The Kier molecular flexibility index (Phi) is 9.33. The topological polar surface area (TPSA) is 68.8 Å². The molecule has 7 nitrogen and oxygen atoms in total. The van der Waals surface area contributed by atoms with Gasteiger partial charge >= 0.3 is 6.18 Å². The van der Waals surface area contributed by atoms with Crippen LogP contribution in [0.4, 0.5) is 26.3 Å². The molecule has 0 amide bonds. The van der Waals surface area contributed by atoms with E-state index < -0.39 is 17.7 Å². The summed E-state index contributed by atoms with van der Waals surface area (Å²) < 4.78 is 84.8. The van der Waals surface area contributed by atoms with E-state index in [0.717, 1.165) is 40.9 Å². The van der Waals surface area contributed by atoms with Gasteiger partial charge in [-0.05, 0) is 65.8 Å². The number of hydrogen-bond donors (Lipinski definition) is 0. The first-order valence-corrected chi connectivity index (χ1v) is 17.2. The van der Waals surface area contributed by atoms with E-state index in [1.54, 1.807) is 17.0 Å². The zero-order valence-corrected chi connectivity index (χ0v) is 27.6. The van der Waals surface area contributed by atoms with Crippen LogP contribution in [0, 0.1) is 5.82 Å². The summed E-state index contributed by atoms with van der Waals surface area (Å²) in [6, 6.07) is 18.5. The average molecular weight is 711 g/mol. The molecule has 0 unspecified atom stereocenters. The molecule has 0 atom stereocenters. The zero-order valence-electron chi connectivity index (χ0n) is 26.8. The number of likely N-dealkylation sites (tertiary alicyclic amines) is 1. The summed E-state index contributed by atoms with van der Waals surface area (Å²) in [6.07, 6.45) is -2.54. The monoisotopic (exact) mass is 710 g/mol. The Morgan fingerprint density at radius 1 is 0.780 bits per heavy atom. The van der Waals surface area contributed by atoms with E-state index in [2.05, 4.69) is 15.2 Å². The molecular weight excluding hydrogens is 678 g/mol. The standard InChI is InChI=1S/C36H32F6N6OS/c37-28-14-6-24(7-15-28)21-50-34-43-33(49)29-2-1-3-30(29)47(34)20-32-45-44-31(19-46-17-16-35(38,39)22-46)48(32)18-23-4-8-25(9-5-23)26-10-12-27(13-11-26)36(40,41)42/h4-15H,1-3,16-22H2. The number of benzene rings is 3. The van der Waals surface area contributed by atoms with Gasteiger partial charge in [0.2, 0.25) is 0 Å². The van der Waals surface area contributed by atoms with Crippen molar-refractivity contribution in [1.29, 1.82) is 0 Å². The Balaban J connectivity index is 1.20. The maximum Gasteiger partial charge on any atom is 0.416 e. The summed E-state index contributed by atoms with van der Waals surface area (Å²) in [7, 11) is 0. The fourth-order valence-corrected chi connectivity index (χ4v) is 7.46. The molecule has 0 spiro atoms. The van der Waals surface area contributed by atoms with Crippen LogP contribution in [0.2, 0.25) is 0 Å². The molecule has 1 aliphatic carbocycles. The summed E-state index contributed by atoms with van der Waals surface area (Å²) in [4.78, 5) is 19.1. The normalized spacial score (nSPS) is 15.9. The molecule has 50 heavy (non-hydrogen) atoms. The van der Waals surface area contributed by atoms with E-state index in [0.29, 0.717) is 53.1 Å². The molecule has 0 bridgehead atoms. The smallest absolute Gasteiger partial charge is 0.316 e. The van der Waals surface area contributed by atoms with E-state index in [9.17, 15) is 31.1 Å². The highest BCUT2D eigenvalue weighted by Gasteiger charge is 2.38. The molecule has 7 rings (SSSR count). The van der Waals surface area contributed by atoms with Gasteiger partial charge in [-0.1, -0.05) is 60.3 Å². The predicted molar refractivity (Wildman–Crippen MR) is 176 cm³/mol. The van der Waals surface area contributed by atoms with Crippen molar-refractivity contribution < 1.29 is 26.3 Å². The van der Waals surface area contributed by atoms with Gasteiger partial charge in [-0.25, -0.2) is 13.2 Å². The van der Waals surface area contributed by atoms with Crippen molar-refractivity contribution in [2.75, 3.05) is 13.1 Å². The number of fused-ring (bicyclic) bond motifs is 1. The van der Waals surface area contributed by atoms with Gasteiger partial charge in [0.1, 0.15) is 11.6 Å². The Hall–Kier alpha value is -4.43. The molecule has 1 fully saturated rings. The molecule has 260 valence electrons. The number of alkyl halides is 5. The molecule has 0 radical (unpaired) electrons. The number of halogens is 6. The lowest BCUT2D eigenvalue weighted by Gasteiger charge is -2.19. The molecular formula is C36H32F6N6OS. The van der Waals surface area contributed by atoms with E-state index in [-0.39, 0.29) is 44.0 Å². The largest absolute Gasteiger partial charge is 0.416 e. The van der Waals surface area contributed by atoms with Gasteiger partial charge in [0.05, 0.1) is 31.7 Å². The Bertz CT molecular complexity index is 2040. The first-order chi connectivity index (χ1) is 23.9. The summed E-state index contributed by atoms with van der Waals surface area (Å²) in [6.45, 7) is 0.548. The second-order valence-corrected chi connectivity index (χ2v) is 13.6. The fourth-order valence-electron chi connectivity index (χ4n) is 6.50. The first-order valence-electron chi connectivity index (χ1n) is 16.2. The third-order valence-corrected chi connectivity index (χ3v) is 10.2. The Morgan fingerprint density at radius 3 is 2.06 bits per heavy atom. The lowest BCUT2D eigenvalue weighted by atomic mass is 10.0. The molecule has 1 aliphatic heterocycles. The fraction of sp³-hybridized carbons (Fsp3) is 0.333. The number of rotatable bonds is 10. The third kappa shape index (κ3) is 7.51. The van der Waals surface area contributed by atoms with Gasteiger partial charge < -0.3 is 9.13 Å². The van der Waals surface area contributed by atoms with Crippen molar-refractivity contribution in [1.82, 2.24) is 29.2 Å². The van der Waals surface area contributed by atoms with Crippen LogP contribution in [0.25, 0.3) is 11.1 Å². The van der Waals surface area contributed by atoms with Crippen molar-refractivity contribution >= 4 is 11.8 Å². The van der Waals surface area contributed by atoms with Crippen molar-refractivity contribution in [3.05, 3.63) is 129 Å². The highest BCUT2D eigenvalue weighted by atomic mass is 32.2. The molecule has 1 saturated heterocycles. The summed E-state index contributed by atoms with van der Waals surface area (Å²) >= 11 is 1.37. The number of hydrogen-bond acceptors (Lipinski definition) is 6. The van der Waals surface area contributed by atoms with Gasteiger partial charge in [0.15, 0.2) is 11.0 Å². The van der Waals surface area contributed by atoms with Crippen molar-refractivity contribution in [2.24, 2.45) is 0 Å². The predicted octanol–water partition coefficient (Wildman–Crippen LogP) is 7.38. The van der Waals surface area contributed by atoms with Crippen LogP contribution >= 0.6 is 11.8 Å². The summed E-state index contributed by atoms with van der Waals surface area (Å²) in [5, 5.41) is 9.47. The van der Waals surface area contributed by atoms with Gasteiger partial charge in [-0.2, -0.15) is 18.2 Å².